The van der Waals surface area contributed by atoms with Gasteiger partial charge in [0.1, 0.15) is 0 Å². The second-order valence-corrected chi connectivity index (χ2v) is 5.95. The number of nitro groups is 1. The first-order valence-electron chi connectivity index (χ1n) is 7.97. The molecule has 1 fully saturated rings. The summed E-state index contributed by atoms with van der Waals surface area (Å²) < 4.78 is 0. The van der Waals surface area contributed by atoms with Gasteiger partial charge in [0, 0.05) is 45.2 Å². The van der Waals surface area contributed by atoms with Crippen LogP contribution in [0.4, 0.5) is 5.69 Å². The lowest BCUT2D eigenvalue weighted by atomic mass is 9.95. The number of carbonyl (C=O) groups excluding carboxylic acids is 1. The zero-order valence-corrected chi connectivity index (χ0v) is 13.8. The molecule has 130 valence electrons. The molecule has 1 amide bonds. The Balaban J connectivity index is 1.96. The number of primary amides is 1. The highest BCUT2D eigenvalue weighted by molar-refractivity contribution is 5.80. The van der Waals surface area contributed by atoms with Crippen molar-refractivity contribution in [2.75, 3.05) is 20.1 Å². The second-order valence-electron chi connectivity index (χ2n) is 5.95. The Labute approximate surface area is 140 Å². The van der Waals surface area contributed by atoms with E-state index in [0.717, 1.165) is 37.5 Å². The molecule has 1 heterocycles. The molecule has 24 heavy (non-hydrogen) atoms. The monoisotopic (exact) mass is 333 g/mol. The third-order valence-corrected chi connectivity index (χ3v) is 4.09. The first-order valence-corrected chi connectivity index (χ1v) is 7.97. The number of nitrogens with zero attached hydrogens (tertiary/aromatic N) is 3. The number of guanidine groups is 1. The van der Waals surface area contributed by atoms with Gasteiger partial charge in [0.05, 0.1) is 4.92 Å². The van der Waals surface area contributed by atoms with Gasteiger partial charge in [-0.1, -0.05) is 12.1 Å². The van der Waals surface area contributed by atoms with Crippen molar-refractivity contribution in [1.29, 1.82) is 0 Å². The van der Waals surface area contributed by atoms with Crippen LogP contribution >= 0.6 is 0 Å². The number of piperidine rings is 1. The third kappa shape index (κ3) is 4.94. The molecule has 8 nitrogen and oxygen atoms in total. The highest BCUT2D eigenvalue weighted by Crippen LogP contribution is 2.19. The molecule has 1 saturated heterocycles. The Morgan fingerprint density at radius 1 is 1.54 bits per heavy atom. The first-order chi connectivity index (χ1) is 11.5. The number of hydrogen-bond donors (Lipinski definition) is 2. The SMILES string of the molecule is CN=C(NCc1cccc([N+](=O)[O-])c1)N1CCCC(CC(N)=O)C1. The van der Waals surface area contributed by atoms with Gasteiger partial charge in [0.15, 0.2) is 5.96 Å². The van der Waals surface area contributed by atoms with E-state index in [0.29, 0.717) is 13.0 Å². The maximum atomic E-state index is 11.1. The van der Waals surface area contributed by atoms with Crippen molar-refractivity contribution >= 4 is 17.6 Å². The maximum absolute atomic E-state index is 11.1. The van der Waals surface area contributed by atoms with Gasteiger partial charge < -0.3 is 16.0 Å². The minimum absolute atomic E-state index is 0.0729. The van der Waals surface area contributed by atoms with Gasteiger partial charge in [0.25, 0.3) is 5.69 Å². The fourth-order valence-electron chi connectivity index (χ4n) is 3.00. The van der Waals surface area contributed by atoms with Crippen molar-refractivity contribution in [1.82, 2.24) is 10.2 Å². The van der Waals surface area contributed by atoms with E-state index < -0.39 is 4.92 Å². The lowest BCUT2D eigenvalue weighted by Gasteiger charge is -2.34. The number of hydrogen-bond acceptors (Lipinski definition) is 4. The number of nitrogens with two attached hydrogens (primary N) is 1. The van der Waals surface area contributed by atoms with E-state index in [-0.39, 0.29) is 17.5 Å². The van der Waals surface area contributed by atoms with Crippen LogP contribution in [0.5, 0.6) is 0 Å². The molecule has 1 aliphatic rings. The summed E-state index contributed by atoms with van der Waals surface area (Å²) in [5.41, 5.74) is 6.18. The molecular formula is C16H23N5O3. The molecule has 1 aromatic carbocycles. The van der Waals surface area contributed by atoms with Crippen LogP contribution in [0.15, 0.2) is 29.3 Å². The second kappa shape index (κ2) is 8.28. The summed E-state index contributed by atoms with van der Waals surface area (Å²) in [6.45, 7) is 2.05. The summed E-state index contributed by atoms with van der Waals surface area (Å²) in [5, 5.41) is 14.1. The Hall–Kier alpha value is -2.64. The van der Waals surface area contributed by atoms with E-state index in [1.807, 2.05) is 6.07 Å². The van der Waals surface area contributed by atoms with Gasteiger partial charge in [0.2, 0.25) is 5.91 Å². The number of nitrogens with one attached hydrogen (secondary N) is 1. The van der Waals surface area contributed by atoms with E-state index in [1.54, 1.807) is 19.2 Å². The van der Waals surface area contributed by atoms with E-state index in [2.05, 4.69) is 15.2 Å². The largest absolute Gasteiger partial charge is 0.370 e. The molecule has 3 N–H and O–H groups in total. The smallest absolute Gasteiger partial charge is 0.269 e. The van der Waals surface area contributed by atoms with Gasteiger partial charge >= 0.3 is 0 Å². The van der Waals surface area contributed by atoms with Crippen LogP contribution in [0.3, 0.4) is 0 Å². The quantitative estimate of drug-likeness (QED) is 0.364. The van der Waals surface area contributed by atoms with Gasteiger partial charge in [-0.15, -0.1) is 0 Å². The lowest BCUT2D eigenvalue weighted by Crippen LogP contribution is -2.46. The first kappa shape index (κ1) is 17.7. The van der Waals surface area contributed by atoms with Crippen LogP contribution < -0.4 is 11.1 Å². The average Bonchev–Trinajstić information content (AvgIpc) is 2.55. The number of carbonyl (C=O) groups is 1. The molecule has 2 rings (SSSR count). The van der Waals surface area contributed by atoms with Crippen LogP contribution in [0, 0.1) is 16.0 Å². The molecule has 0 bridgehead atoms. The van der Waals surface area contributed by atoms with Gasteiger partial charge in [-0.05, 0) is 24.3 Å². The summed E-state index contributed by atoms with van der Waals surface area (Å²) in [6, 6.07) is 6.52. The topological polar surface area (TPSA) is 114 Å². The average molecular weight is 333 g/mol. The molecule has 0 saturated carbocycles. The molecular weight excluding hydrogens is 310 g/mol. The van der Waals surface area contributed by atoms with E-state index >= 15 is 0 Å². The number of rotatable bonds is 5. The molecule has 1 aromatic rings. The summed E-state index contributed by atoms with van der Waals surface area (Å²) in [5.74, 6) is 0.699. The molecule has 8 heteroatoms. The van der Waals surface area contributed by atoms with Crippen LogP contribution in [-0.2, 0) is 11.3 Å². The van der Waals surface area contributed by atoms with Crippen molar-refractivity contribution < 1.29 is 9.72 Å². The van der Waals surface area contributed by atoms with Crippen LogP contribution in [0.1, 0.15) is 24.8 Å². The molecule has 0 radical (unpaired) electrons. The Morgan fingerprint density at radius 2 is 2.33 bits per heavy atom. The number of benzene rings is 1. The van der Waals surface area contributed by atoms with E-state index in [4.69, 9.17) is 5.73 Å². The van der Waals surface area contributed by atoms with Crippen molar-refractivity contribution in [3.63, 3.8) is 0 Å². The van der Waals surface area contributed by atoms with Crippen molar-refractivity contribution in [2.24, 2.45) is 16.6 Å². The number of likely N-dealkylation sites (tertiary alicyclic amines) is 1. The van der Waals surface area contributed by atoms with Crippen LogP contribution in [0.2, 0.25) is 0 Å². The normalized spacial score (nSPS) is 18.3. The van der Waals surface area contributed by atoms with Crippen molar-refractivity contribution in [3.8, 4) is 0 Å². The fourth-order valence-corrected chi connectivity index (χ4v) is 3.00. The Morgan fingerprint density at radius 3 is 3.00 bits per heavy atom. The summed E-state index contributed by atoms with van der Waals surface area (Å²) in [7, 11) is 1.70. The number of nitro benzene ring substituents is 1. The predicted octanol–water partition coefficient (Wildman–Crippen LogP) is 1.26. The minimum atomic E-state index is -0.405. The summed E-state index contributed by atoms with van der Waals surface area (Å²) in [6.07, 6.45) is 2.36. The number of aliphatic imine (C=N–C) groups is 1. The van der Waals surface area contributed by atoms with E-state index in [1.165, 1.54) is 6.07 Å². The number of non-ortho nitro benzene ring substituents is 1. The summed E-state index contributed by atoms with van der Waals surface area (Å²) in [4.78, 5) is 27.9. The van der Waals surface area contributed by atoms with E-state index in [9.17, 15) is 14.9 Å². The third-order valence-electron chi connectivity index (χ3n) is 4.09. The Bertz CT molecular complexity index is 632. The van der Waals surface area contributed by atoms with Crippen molar-refractivity contribution in [2.45, 2.75) is 25.8 Å². The van der Waals surface area contributed by atoms with Crippen LogP contribution in [-0.4, -0.2) is 41.8 Å². The molecule has 0 aromatic heterocycles. The highest BCUT2D eigenvalue weighted by Gasteiger charge is 2.23. The maximum Gasteiger partial charge on any atom is 0.269 e. The molecule has 1 aliphatic heterocycles. The molecule has 0 spiro atoms. The lowest BCUT2D eigenvalue weighted by molar-refractivity contribution is -0.384. The molecule has 1 unspecified atom stereocenters. The van der Waals surface area contributed by atoms with Gasteiger partial charge in [-0.2, -0.15) is 0 Å². The summed E-state index contributed by atoms with van der Waals surface area (Å²) >= 11 is 0. The molecule has 1 atom stereocenters. The zero-order chi connectivity index (χ0) is 17.5. The number of amides is 1. The van der Waals surface area contributed by atoms with Gasteiger partial charge in [-0.25, -0.2) is 0 Å². The van der Waals surface area contributed by atoms with Gasteiger partial charge in [-0.3, -0.25) is 19.9 Å². The predicted molar refractivity (Wildman–Crippen MR) is 91.4 cm³/mol. The van der Waals surface area contributed by atoms with Crippen LogP contribution in [0.25, 0.3) is 0 Å². The fraction of sp³-hybridized carbons (Fsp3) is 0.500. The standard InChI is InChI=1S/C16H23N5O3/c1-18-16(20-7-3-5-13(11-20)9-15(17)22)19-10-12-4-2-6-14(8-12)21(23)24/h2,4,6,8,13H,3,5,7,9-11H2,1H3,(H2,17,22)(H,18,19). The highest BCUT2D eigenvalue weighted by atomic mass is 16.6. The minimum Gasteiger partial charge on any atom is -0.370 e. The Kier molecular flexibility index (Phi) is 6.11. The van der Waals surface area contributed by atoms with Crippen molar-refractivity contribution in [3.05, 3.63) is 39.9 Å². The molecule has 0 aliphatic carbocycles. The zero-order valence-electron chi connectivity index (χ0n) is 13.8.